The summed E-state index contributed by atoms with van der Waals surface area (Å²) in [5.74, 6) is 0. The monoisotopic (exact) mass is 200 g/mol. The Labute approximate surface area is 90.3 Å². The van der Waals surface area contributed by atoms with E-state index in [9.17, 15) is 0 Å². The van der Waals surface area contributed by atoms with Gasteiger partial charge in [-0.1, -0.05) is 27.7 Å². The maximum absolute atomic E-state index is 2.58. The Balaban J connectivity index is 3.67. The van der Waals surface area contributed by atoms with Gasteiger partial charge in [0, 0.05) is 13.1 Å². The van der Waals surface area contributed by atoms with E-state index in [4.69, 9.17) is 0 Å². The average molecular weight is 200 g/mol. The van der Waals surface area contributed by atoms with Crippen molar-refractivity contribution in [3.63, 3.8) is 0 Å². The lowest BCUT2D eigenvalue weighted by atomic mass is 10.3. The van der Waals surface area contributed by atoms with Gasteiger partial charge in [0.05, 0.1) is 0 Å². The molecular weight excluding hydrogens is 172 g/mol. The Morgan fingerprint density at radius 2 is 1.00 bits per heavy atom. The van der Waals surface area contributed by atoms with Crippen LogP contribution in [0.5, 0.6) is 0 Å². The summed E-state index contributed by atoms with van der Waals surface area (Å²) in [5.41, 5.74) is 0. The first-order valence-corrected chi connectivity index (χ1v) is 6.23. The molecule has 0 N–H and O–H groups in total. The molecular formula is C12H28N2. The van der Waals surface area contributed by atoms with Crippen molar-refractivity contribution in [2.24, 2.45) is 0 Å². The highest BCUT2D eigenvalue weighted by Crippen LogP contribution is 1.95. The smallest absolute Gasteiger partial charge is 0.0109 e. The molecule has 2 nitrogen and oxygen atoms in total. The minimum absolute atomic E-state index is 1.18. The van der Waals surface area contributed by atoms with Crippen LogP contribution in [0.2, 0.25) is 0 Å². The maximum atomic E-state index is 2.58. The van der Waals surface area contributed by atoms with Gasteiger partial charge in [-0.15, -0.1) is 0 Å². The summed E-state index contributed by atoms with van der Waals surface area (Å²) in [5, 5.41) is 0. The molecule has 0 aliphatic rings. The van der Waals surface area contributed by atoms with E-state index >= 15 is 0 Å². The SMILES string of the molecule is CCCN(CCC)CCN(CC)CC. The van der Waals surface area contributed by atoms with Gasteiger partial charge in [0.25, 0.3) is 0 Å². The largest absolute Gasteiger partial charge is 0.303 e. The summed E-state index contributed by atoms with van der Waals surface area (Å²) in [7, 11) is 0. The zero-order valence-corrected chi connectivity index (χ0v) is 10.6. The highest BCUT2D eigenvalue weighted by atomic mass is 15.2. The Morgan fingerprint density at radius 3 is 1.36 bits per heavy atom. The highest BCUT2D eigenvalue weighted by molar-refractivity contribution is 4.60. The Kier molecular flexibility index (Phi) is 9.42. The molecule has 0 atom stereocenters. The average Bonchev–Trinajstić information content (AvgIpc) is 2.20. The Bertz CT molecular complexity index is 105. The van der Waals surface area contributed by atoms with Crippen LogP contribution >= 0.6 is 0 Å². The molecule has 0 aromatic rings. The molecule has 0 aliphatic heterocycles. The number of nitrogens with zero attached hydrogens (tertiary/aromatic N) is 2. The van der Waals surface area contributed by atoms with E-state index in [2.05, 4.69) is 37.5 Å². The van der Waals surface area contributed by atoms with Gasteiger partial charge in [-0.3, -0.25) is 0 Å². The van der Waals surface area contributed by atoms with E-state index < -0.39 is 0 Å². The fourth-order valence-electron chi connectivity index (χ4n) is 1.79. The molecule has 14 heavy (non-hydrogen) atoms. The van der Waals surface area contributed by atoms with E-state index in [1.54, 1.807) is 0 Å². The molecule has 0 aromatic heterocycles. The summed E-state index contributed by atoms with van der Waals surface area (Å²) in [6.07, 6.45) is 2.55. The topological polar surface area (TPSA) is 6.48 Å². The van der Waals surface area contributed by atoms with Crippen molar-refractivity contribution in [3.8, 4) is 0 Å². The van der Waals surface area contributed by atoms with Gasteiger partial charge in [0.15, 0.2) is 0 Å². The summed E-state index contributed by atoms with van der Waals surface area (Å²) >= 11 is 0. The Morgan fingerprint density at radius 1 is 0.571 bits per heavy atom. The van der Waals surface area contributed by atoms with Crippen LogP contribution in [0.25, 0.3) is 0 Å². The molecule has 0 amide bonds. The van der Waals surface area contributed by atoms with Gasteiger partial charge >= 0.3 is 0 Å². The first-order chi connectivity index (χ1) is 6.78. The lowest BCUT2D eigenvalue weighted by Gasteiger charge is -2.25. The van der Waals surface area contributed by atoms with Crippen LogP contribution in [0.15, 0.2) is 0 Å². The molecule has 2 heteroatoms. The third kappa shape index (κ3) is 6.39. The predicted molar refractivity (Wildman–Crippen MR) is 64.8 cm³/mol. The number of hydrogen-bond donors (Lipinski definition) is 0. The van der Waals surface area contributed by atoms with Crippen molar-refractivity contribution in [1.82, 2.24) is 9.80 Å². The fourth-order valence-corrected chi connectivity index (χ4v) is 1.79. The molecule has 0 bridgehead atoms. The van der Waals surface area contributed by atoms with Crippen molar-refractivity contribution >= 4 is 0 Å². The summed E-state index contributed by atoms with van der Waals surface area (Å²) in [4.78, 5) is 5.08. The molecule has 0 unspecified atom stereocenters. The fraction of sp³-hybridized carbons (Fsp3) is 1.00. The molecule has 0 saturated carbocycles. The van der Waals surface area contributed by atoms with E-state index in [0.29, 0.717) is 0 Å². The molecule has 0 fully saturated rings. The molecule has 0 radical (unpaired) electrons. The van der Waals surface area contributed by atoms with Crippen LogP contribution in [0.3, 0.4) is 0 Å². The number of rotatable bonds is 9. The molecule has 0 aliphatic carbocycles. The van der Waals surface area contributed by atoms with E-state index in [-0.39, 0.29) is 0 Å². The number of hydrogen-bond acceptors (Lipinski definition) is 2. The van der Waals surface area contributed by atoms with Crippen molar-refractivity contribution in [2.75, 3.05) is 39.3 Å². The van der Waals surface area contributed by atoms with E-state index in [1.165, 1.54) is 52.1 Å². The lowest BCUT2D eigenvalue weighted by Crippen LogP contribution is -2.35. The first kappa shape index (κ1) is 13.9. The molecule has 0 aromatic carbocycles. The highest BCUT2D eigenvalue weighted by Gasteiger charge is 2.04. The normalized spacial score (nSPS) is 11.6. The van der Waals surface area contributed by atoms with Crippen LogP contribution in [0.1, 0.15) is 40.5 Å². The quantitative estimate of drug-likeness (QED) is 0.564. The third-order valence-electron chi connectivity index (χ3n) is 2.71. The van der Waals surface area contributed by atoms with Gasteiger partial charge in [-0.2, -0.15) is 0 Å². The molecule has 0 heterocycles. The van der Waals surface area contributed by atoms with Crippen molar-refractivity contribution in [2.45, 2.75) is 40.5 Å². The summed E-state index contributed by atoms with van der Waals surface area (Å²) in [6.45, 7) is 16.4. The summed E-state index contributed by atoms with van der Waals surface area (Å²) < 4.78 is 0. The van der Waals surface area contributed by atoms with Crippen LogP contribution in [0.4, 0.5) is 0 Å². The van der Waals surface area contributed by atoms with Crippen molar-refractivity contribution in [3.05, 3.63) is 0 Å². The predicted octanol–water partition coefficient (Wildman–Crippen LogP) is 2.45. The molecule has 0 saturated heterocycles. The van der Waals surface area contributed by atoms with Gasteiger partial charge < -0.3 is 9.80 Å². The first-order valence-electron chi connectivity index (χ1n) is 6.23. The third-order valence-corrected chi connectivity index (χ3v) is 2.71. The minimum Gasteiger partial charge on any atom is -0.303 e. The van der Waals surface area contributed by atoms with Crippen molar-refractivity contribution < 1.29 is 0 Å². The van der Waals surface area contributed by atoms with Gasteiger partial charge in [0.2, 0.25) is 0 Å². The molecule has 0 spiro atoms. The zero-order chi connectivity index (χ0) is 10.8. The van der Waals surface area contributed by atoms with E-state index in [0.717, 1.165) is 0 Å². The second-order valence-corrected chi connectivity index (χ2v) is 3.87. The minimum atomic E-state index is 1.18. The Hall–Kier alpha value is -0.0800. The van der Waals surface area contributed by atoms with E-state index in [1.807, 2.05) is 0 Å². The molecule has 0 rings (SSSR count). The number of likely N-dealkylation sites (N-methyl/N-ethyl adjacent to an activating group) is 1. The van der Waals surface area contributed by atoms with Crippen LogP contribution in [-0.4, -0.2) is 49.1 Å². The molecule has 86 valence electrons. The maximum Gasteiger partial charge on any atom is 0.0109 e. The van der Waals surface area contributed by atoms with Gasteiger partial charge in [-0.25, -0.2) is 0 Å². The zero-order valence-electron chi connectivity index (χ0n) is 10.6. The van der Waals surface area contributed by atoms with Crippen molar-refractivity contribution in [1.29, 1.82) is 0 Å². The van der Waals surface area contributed by atoms with Gasteiger partial charge in [-0.05, 0) is 39.0 Å². The standard InChI is InChI=1S/C12H28N2/c1-5-9-14(10-6-2)12-11-13(7-3)8-4/h5-12H2,1-4H3. The second kappa shape index (κ2) is 9.47. The van der Waals surface area contributed by atoms with Crippen LogP contribution < -0.4 is 0 Å². The van der Waals surface area contributed by atoms with Gasteiger partial charge in [0.1, 0.15) is 0 Å². The summed E-state index contributed by atoms with van der Waals surface area (Å²) in [6, 6.07) is 0. The van der Waals surface area contributed by atoms with Crippen LogP contribution in [0, 0.1) is 0 Å². The lowest BCUT2D eigenvalue weighted by molar-refractivity contribution is 0.214. The second-order valence-electron chi connectivity index (χ2n) is 3.87. The van der Waals surface area contributed by atoms with Crippen LogP contribution in [-0.2, 0) is 0 Å².